The van der Waals surface area contributed by atoms with Gasteiger partial charge in [0.25, 0.3) is 5.91 Å². The van der Waals surface area contributed by atoms with E-state index in [-0.39, 0.29) is 24.6 Å². The fraction of sp³-hybridized carbons (Fsp3) is 0.333. The zero-order valence-corrected chi connectivity index (χ0v) is 11.7. The Morgan fingerprint density at radius 3 is 2.71 bits per heavy atom. The van der Waals surface area contributed by atoms with Crippen molar-refractivity contribution in [3.63, 3.8) is 0 Å². The lowest BCUT2D eigenvalue weighted by Gasteiger charge is -2.07. The van der Waals surface area contributed by atoms with Gasteiger partial charge in [0.15, 0.2) is 0 Å². The second-order valence-corrected chi connectivity index (χ2v) is 4.19. The number of carbonyl (C=O) groups excluding carboxylic acids is 2. The van der Waals surface area contributed by atoms with Crippen LogP contribution in [-0.2, 0) is 4.79 Å². The first-order chi connectivity index (χ1) is 10.1. The normalized spacial score (nSPS) is 9.48. The fourth-order valence-corrected chi connectivity index (χ4v) is 1.50. The third-order valence-corrected chi connectivity index (χ3v) is 2.51. The summed E-state index contributed by atoms with van der Waals surface area (Å²) < 4.78 is 13.8. The van der Waals surface area contributed by atoms with Crippen LogP contribution in [0.5, 0.6) is 0 Å². The minimum absolute atomic E-state index is 0.159. The van der Waals surface area contributed by atoms with Gasteiger partial charge in [-0.05, 0) is 24.6 Å². The molecule has 6 heteroatoms. The second-order valence-electron chi connectivity index (χ2n) is 4.19. The van der Waals surface area contributed by atoms with Crippen LogP contribution in [-0.4, -0.2) is 36.6 Å². The molecule has 1 rings (SSSR count). The van der Waals surface area contributed by atoms with E-state index in [1.54, 1.807) is 0 Å². The molecule has 0 unspecified atom stereocenters. The lowest BCUT2D eigenvalue weighted by Crippen LogP contribution is -2.37. The number of benzene rings is 1. The molecule has 0 atom stereocenters. The Morgan fingerprint density at radius 2 is 2.10 bits per heavy atom. The summed E-state index contributed by atoms with van der Waals surface area (Å²) >= 11 is 0. The Balaban J connectivity index is 2.64. The van der Waals surface area contributed by atoms with Gasteiger partial charge in [-0.15, -0.1) is 0 Å². The van der Waals surface area contributed by atoms with Crippen LogP contribution in [0, 0.1) is 17.7 Å². The summed E-state index contributed by atoms with van der Waals surface area (Å²) in [5.41, 5.74) is 0.201. The molecule has 1 aromatic rings. The van der Waals surface area contributed by atoms with Gasteiger partial charge >= 0.3 is 0 Å². The Kier molecular flexibility index (Phi) is 6.92. The smallest absolute Gasteiger partial charge is 0.254 e. The lowest BCUT2D eigenvalue weighted by atomic mass is 10.1. The molecule has 0 radical (unpaired) electrons. The largest absolute Gasteiger partial charge is 0.384 e. The van der Waals surface area contributed by atoms with E-state index >= 15 is 0 Å². The van der Waals surface area contributed by atoms with Crippen molar-refractivity contribution in [3.05, 3.63) is 35.1 Å². The maximum Gasteiger partial charge on any atom is 0.254 e. The highest BCUT2D eigenvalue weighted by Crippen LogP contribution is 2.09. The van der Waals surface area contributed by atoms with Crippen molar-refractivity contribution in [2.24, 2.45) is 0 Å². The number of nitrogens with one attached hydrogen (secondary N) is 2. The average Bonchev–Trinajstić information content (AvgIpc) is 2.48. The molecule has 0 aliphatic carbocycles. The molecule has 112 valence electrons. The Bertz CT molecular complexity index is 576. The molecule has 0 fully saturated rings. The number of hydrogen-bond acceptors (Lipinski definition) is 3. The van der Waals surface area contributed by atoms with E-state index in [4.69, 9.17) is 5.11 Å². The third kappa shape index (κ3) is 5.63. The van der Waals surface area contributed by atoms with Crippen LogP contribution < -0.4 is 10.6 Å². The van der Waals surface area contributed by atoms with Crippen molar-refractivity contribution in [1.82, 2.24) is 10.6 Å². The summed E-state index contributed by atoms with van der Waals surface area (Å²) in [6.07, 6.45) is 0.796. The highest BCUT2D eigenvalue weighted by Gasteiger charge is 2.12. The molecule has 0 bridgehead atoms. The summed E-state index contributed by atoms with van der Waals surface area (Å²) in [5.74, 6) is 3.20. The van der Waals surface area contributed by atoms with Crippen molar-refractivity contribution in [3.8, 4) is 11.8 Å². The maximum atomic E-state index is 13.8. The molecule has 0 spiro atoms. The van der Waals surface area contributed by atoms with E-state index in [1.807, 2.05) is 6.92 Å². The predicted octanol–water partition coefficient (Wildman–Crippen LogP) is 0.425. The molecule has 0 heterocycles. The van der Waals surface area contributed by atoms with E-state index in [0.717, 1.165) is 12.5 Å². The Hall–Kier alpha value is -2.39. The predicted molar refractivity (Wildman–Crippen MR) is 76.0 cm³/mol. The standard InChI is InChI=1S/C15H17FN2O3/c1-2-7-17-14(20)10-18-15(21)12-6-5-11(4-3-8-19)9-13(12)16/h5-6,9,19H,2,7-8,10H2,1H3,(H,17,20)(H,18,21). The van der Waals surface area contributed by atoms with E-state index in [1.165, 1.54) is 12.1 Å². The second kappa shape index (κ2) is 8.72. The molecule has 1 aromatic carbocycles. The zero-order chi connectivity index (χ0) is 15.7. The van der Waals surface area contributed by atoms with Gasteiger partial charge in [-0.2, -0.15) is 0 Å². The highest BCUT2D eigenvalue weighted by atomic mass is 19.1. The van der Waals surface area contributed by atoms with E-state index in [0.29, 0.717) is 12.1 Å². The van der Waals surface area contributed by atoms with Crippen LogP contribution in [0.1, 0.15) is 29.3 Å². The van der Waals surface area contributed by atoms with Crippen LogP contribution in [0.15, 0.2) is 18.2 Å². The van der Waals surface area contributed by atoms with Crippen LogP contribution >= 0.6 is 0 Å². The van der Waals surface area contributed by atoms with Crippen LogP contribution in [0.4, 0.5) is 4.39 Å². The highest BCUT2D eigenvalue weighted by molar-refractivity contribution is 5.96. The molecule has 3 N–H and O–H groups in total. The van der Waals surface area contributed by atoms with Crippen molar-refractivity contribution in [1.29, 1.82) is 0 Å². The van der Waals surface area contributed by atoms with E-state index < -0.39 is 11.7 Å². The molecule has 0 aliphatic rings. The zero-order valence-electron chi connectivity index (χ0n) is 11.7. The monoisotopic (exact) mass is 292 g/mol. The number of hydrogen-bond donors (Lipinski definition) is 3. The van der Waals surface area contributed by atoms with Crippen LogP contribution in [0.25, 0.3) is 0 Å². The molecular weight excluding hydrogens is 275 g/mol. The molecule has 0 aliphatic heterocycles. The minimum Gasteiger partial charge on any atom is -0.384 e. The summed E-state index contributed by atoms with van der Waals surface area (Å²) in [5, 5.41) is 13.5. The molecule has 2 amide bonds. The van der Waals surface area contributed by atoms with E-state index in [9.17, 15) is 14.0 Å². The van der Waals surface area contributed by atoms with Gasteiger partial charge in [0.05, 0.1) is 12.1 Å². The molecule has 21 heavy (non-hydrogen) atoms. The first-order valence-electron chi connectivity index (χ1n) is 6.52. The van der Waals surface area contributed by atoms with Gasteiger partial charge in [0.1, 0.15) is 12.4 Å². The quantitative estimate of drug-likeness (QED) is 0.689. The summed E-state index contributed by atoms with van der Waals surface area (Å²) in [6.45, 7) is 1.91. The van der Waals surface area contributed by atoms with Crippen LogP contribution in [0.2, 0.25) is 0 Å². The number of rotatable bonds is 5. The van der Waals surface area contributed by atoms with Crippen molar-refractivity contribution in [2.75, 3.05) is 19.7 Å². The molecule has 0 aromatic heterocycles. The Morgan fingerprint density at radius 1 is 1.33 bits per heavy atom. The lowest BCUT2D eigenvalue weighted by molar-refractivity contribution is -0.120. The van der Waals surface area contributed by atoms with Gasteiger partial charge in [0.2, 0.25) is 5.91 Å². The Labute approximate surface area is 122 Å². The first-order valence-corrected chi connectivity index (χ1v) is 6.52. The van der Waals surface area contributed by atoms with Crippen LogP contribution in [0.3, 0.4) is 0 Å². The van der Waals surface area contributed by atoms with Crippen molar-refractivity contribution in [2.45, 2.75) is 13.3 Å². The molecule has 0 saturated carbocycles. The number of halogens is 1. The van der Waals surface area contributed by atoms with Crippen molar-refractivity contribution >= 4 is 11.8 Å². The number of aliphatic hydroxyl groups is 1. The van der Waals surface area contributed by atoms with Gasteiger partial charge in [0, 0.05) is 12.1 Å². The summed E-state index contributed by atoms with van der Waals surface area (Å²) in [4.78, 5) is 23.1. The van der Waals surface area contributed by atoms with E-state index in [2.05, 4.69) is 22.5 Å². The first kappa shape index (κ1) is 16.7. The number of amides is 2. The van der Waals surface area contributed by atoms with Gasteiger partial charge < -0.3 is 15.7 Å². The molecule has 5 nitrogen and oxygen atoms in total. The number of carbonyl (C=O) groups is 2. The van der Waals surface area contributed by atoms with Gasteiger partial charge in [-0.25, -0.2) is 4.39 Å². The van der Waals surface area contributed by atoms with Gasteiger partial charge in [-0.3, -0.25) is 9.59 Å². The summed E-state index contributed by atoms with van der Waals surface area (Å²) in [7, 11) is 0. The minimum atomic E-state index is -0.730. The van der Waals surface area contributed by atoms with Crippen molar-refractivity contribution < 1.29 is 19.1 Å². The topological polar surface area (TPSA) is 78.4 Å². The SMILES string of the molecule is CCCNC(=O)CNC(=O)c1ccc(C#CCO)cc1F. The third-order valence-electron chi connectivity index (χ3n) is 2.51. The molecular formula is C15H17FN2O3. The fourth-order valence-electron chi connectivity index (χ4n) is 1.50. The van der Waals surface area contributed by atoms with Gasteiger partial charge in [-0.1, -0.05) is 18.8 Å². The number of aliphatic hydroxyl groups excluding tert-OH is 1. The molecule has 0 saturated heterocycles. The summed E-state index contributed by atoms with van der Waals surface area (Å²) in [6, 6.07) is 3.86. The average molecular weight is 292 g/mol. The maximum absolute atomic E-state index is 13.8.